The second kappa shape index (κ2) is 11.8. The van der Waals surface area contributed by atoms with Crippen LogP contribution in [-0.2, 0) is 15.1 Å². The van der Waals surface area contributed by atoms with E-state index in [0.717, 1.165) is 35.8 Å². The summed E-state index contributed by atoms with van der Waals surface area (Å²) in [5.41, 5.74) is 8.31. The number of aldehydes is 1. The lowest BCUT2D eigenvalue weighted by atomic mass is 9.88. The average molecular weight is 433 g/mol. The summed E-state index contributed by atoms with van der Waals surface area (Å²) in [7, 11) is 0. The van der Waals surface area contributed by atoms with Crippen molar-refractivity contribution >= 4 is 41.6 Å². The van der Waals surface area contributed by atoms with Crippen molar-refractivity contribution in [1.82, 2.24) is 4.98 Å². The summed E-state index contributed by atoms with van der Waals surface area (Å²) in [5, 5.41) is 3.40. The third-order valence-corrected chi connectivity index (χ3v) is 4.91. The van der Waals surface area contributed by atoms with Crippen LogP contribution in [0.3, 0.4) is 0 Å². The van der Waals surface area contributed by atoms with Gasteiger partial charge >= 0.3 is 0 Å². The molecule has 2 heterocycles. The minimum atomic E-state index is -0.479. The number of benzene rings is 1. The van der Waals surface area contributed by atoms with Crippen LogP contribution in [0.4, 0.5) is 10.1 Å². The Morgan fingerprint density at radius 3 is 2.57 bits per heavy atom. The lowest BCUT2D eigenvalue weighted by molar-refractivity contribution is -0.106. The van der Waals surface area contributed by atoms with Crippen LogP contribution in [0.5, 0.6) is 0 Å². The van der Waals surface area contributed by atoms with E-state index in [1.165, 1.54) is 19.1 Å². The van der Waals surface area contributed by atoms with Crippen LogP contribution in [0, 0.1) is 12.7 Å². The molecule has 0 radical (unpaired) electrons. The van der Waals surface area contributed by atoms with Gasteiger partial charge in [0.1, 0.15) is 24.6 Å². The lowest BCUT2D eigenvalue weighted by Crippen LogP contribution is -2.29. The van der Waals surface area contributed by atoms with E-state index in [2.05, 4.69) is 21.4 Å². The van der Waals surface area contributed by atoms with Crippen molar-refractivity contribution in [3.8, 4) is 0 Å². The Kier molecular flexibility index (Phi) is 9.83. The van der Waals surface area contributed by atoms with Gasteiger partial charge in [0.2, 0.25) is 0 Å². The summed E-state index contributed by atoms with van der Waals surface area (Å²) < 4.78 is 12.9. The zero-order chi connectivity index (χ0) is 22.7. The maximum absolute atomic E-state index is 12.9. The van der Waals surface area contributed by atoms with Gasteiger partial charge in [-0.05, 0) is 62.6 Å². The molecule has 1 aliphatic rings. The molecule has 0 spiro atoms. The molecule has 7 nitrogen and oxygen atoms in total. The Morgan fingerprint density at radius 2 is 2.00 bits per heavy atom. The Morgan fingerprint density at radius 1 is 1.33 bits per heavy atom. The van der Waals surface area contributed by atoms with E-state index in [9.17, 15) is 9.18 Å². The minimum Gasteiger partial charge on any atom is -0.379 e. The molecule has 30 heavy (non-hydrogen) atoms. The quantitative estimate of drug-likeness (QED) is 0.718. The Hall–Kier alpha value is -3.07. The zero-order valence-corrected chi connectivity index (χ0v) is 18.0. The SMILES string of the molecule is C=O.CC=O.Cc1cc(NC(=O)c2ccc(F)cn2)cc(C2(C)CCSC(N)=N2)c1. The van der Waals surface area contributed by atoms with E-state index in [4.69, 9.17) is 15.3 Å². The van der Waals surface area contributed by atoms with Gasteiger partial charge < -0.3 is 20.6 Å². The second-order valence-electron chi connectivity index (χ2n) is 6.46. The molecule has 160 valence electrons. The number of hydrogen-bond acceptors (Lipinski definition) is 7. The van der Waals surface area contributed by atoms with Crippen LogP contribution >= 0.6 is 11.8 Å². The first-order valence-corrected chi connectivity index (χ1v) is 9.98. The maximum atomic E-state index is 12.9. The fourth-order valence-corrected chi connectivity index (χ4v) is 3.74. The number of carbonyl (C=O) groups is 3. The van der Waals surface area contributed by atoms with Crippen molar-refractivity contribution in [3.63, 3.8) is 0 Å². The van der Waals surface area contributed by atoms with Gasteiger partial charge in [-0.2, -0.15) is 0 Å². The summed E-state index contributed by atoms with van der Waals surface area (Å²) in [4.78, 5) is 37.5. The molecule has 0 bridgehead atoms. The van der Waals surface area contributed by atoms with Gasteiger partial charge in [0.15, 0.2) is 5.17 Å². The van der Waals surface area contributed by atoms with Gasteiger partial charge in [-0.3, -0.25) is 9.79 Å². The number of nitrogens with one attached hydrogen (secondary N) is 1. The molecule has 9 heteroatoms. The normalized spacial score (nSPS) is 17.3. The predicted molar refractivity (Wildman–Crippen MR) is 118 cm³/mol. The number of anilines is 1. The predicted octanol–water partition coefficient (Wildman–Crippen LogP) is 3.47. The fourth-order valence-electron chi connectivity index (χ4n) is 2.77. The van der Waals surface area contributed by atoms with E-state index < -0.39 is 11.4 Å². The number of carbonyl (C=O) groups excluding carboxylic acids is 3. The number of pyridine rings is 1. The van der Waals surface area contributed by atoms with Gasteiger partial charge in [0, 0.05) is 11.4 Å². The first-order chi connectivity index (χ1) is 14.3. The first-order valence-electron chi connectivity index (χ1n) is 8.99. The number of halogens is 1. The molecule has 1 aliphatic heterocycles. The number of aromatic nitrogens is 1. The maximum Gasteiger partial charge on any atom is 0.274 e. The highest BCUT2D eigenvalue weighted by Crippen LogP contribution is 2.36. The number of aryl methyl sites for hydroxylation is 1. The molecule has 1 amide bonds. The Balaban J connectivity index is 0.000000826. The molecule has 1 atom stereocenters. The van der Waals surface area contributed by atoms with E-state index in [0.29, 0.717) is 10.9 Å². The Bertz CT molecular complexity index is 906. The van der Waals surface area contributed by atoms with Crippen LogP contribution < -0.4 is 11.1 Å². The van der Waals surface area contributed by atoms with Crippen LogP contribution in [0.25, 0.3) is 0 Å². The smallest absolute Gasteiger partial charge is 0.274 e. The minimum absolute atomic E-state index is 0.159. The molecule has 3 N–H and O–H groups in total. The molecule has 2 aromatic rings. The van der Waals surface area contributed by atoms with Crippen molar-refractivity contribution in [2.75, 3.05) is 11.1 Å². The van der Waals surface area contributed by atoms with Gasteiger partial charge in [-0.25, -0.2) is 9.37 Å². The number of amides is 1. The molecular formula is C21H25FN4O3S. The van der Waals surface area contributed by atoms with Crippen LogP contribution in [0.1, 0.15) is 41.9 Å². The van der Waals surface area contributed by atoms with Crippen molar-refractivity contribution in [2.45, 2.75) is 32.7 Å². The van der Waals surface area contributed by atoms with E-state index in [1.54, 1.807) is 11.8 Å². The Labute approximate surface area is 179 Å². The fraction of sp³-hybridized carbons (Fsp3) is 0.286. The monoisotopic (exact) mass is 432 g/mol. The van der Waals surface area contributed by atoms with Crippen LogP contribution in [0.2, 0.25) is 0 Å². The molecule has 3 rings (SSSR count). The third kappa shape index (κ3) is 7.07. The molecular weight excluding hydrogens is 407 g/mol. The van der Waals surface area contributed by atoms with E-state index in [-0.39, 0.29) is 11.6 Å². The molecule has 1 aromatic carbocycles. The topological polar surface area (TPSA) is 115 Å². The lowest BCUT2D eigenvalue weighted by Gasteiger charge is -2.30. The highest BCUT2D eigenvalue weighted by molar-refractivity contribution is 8.13. The van der Waals surface area contributed by atoms with Gasteiger partial charge in [-0.1, -0.05) is 17.8 Å². The highest BCUT2D eigenvalue weighted by atomic mass is 32.2. The summed E-state index contributed by atoms with van der Waals surface area (Å²) in [5.74, 6) is 0.0397. The van der Waals surface area contributed by atoms with Crippen LogP contribution in [0.15, 0.2) is 41.5 Å². The molecule has 1 aromatic heterocycles. The van der Waals surface area contributed by atoms with E-state index in [1.807, 2.05) is 32.8 Å². The summed E-state index contributed by atoms with van der Waals surface area (Å²) >= 11 is 1.55. The second-order valence-corrected chi connectivity index (χ2v) is 7.58. The molecule has 0 aliphatic carbocycles. The standard InChI is InChI=1S/C18H19FN4OS.C2H4O.CH2O/c1-11-7-12(18(2)5-6-25-17(20)23-18)9-14(8-11)22-16(24)15-4-3-13(19)10-21-15;1-2-3;1-2/h3-4,7-10H,5-6H2,1-2H3,(H2,20,23)(H,22,24);2H,1H3;1H2. The zero-order valence-electron chi connectivity index (χ0n) is 17.1. The molecule has 1 unspecified atom stereocenters. The van der Waals surface area contributed by atoms with Crippen molar-refractivity contribution in [3.05, 3.63) is 59.2 Å². The summed E-state index contributed by atoms with van der Waals surface area (Å²) in [6, 6.07) is 8.40. The van der Waals surface area contributed by atoms with Gasteiger partial charge in [-0.15, -0.1) is 0 Å². The summed E-state index contributed by atoms with van der Waals surface area (Å²) in [6.07, 6.45) is 2.64. The number of amidine groups is 1. The first kappa shape index (κ1) is 25.0. The highest BCUT2D eigenvalue weighted by Gasteiger charge is 2.30. The van der Waals surface area contributed by atoms with Crippen molar-refractivity contribution in [1.29, 1.82) is 0 Å². The number of nitrogens with zero attached hydrogens (tertiary/aromatic N) is 2. The van der Waals surface area contributed by atoms with Crippen LogP contribution in [-0.4, -0.2) is 34.9 Å². The molecule has 0 saturated heterocycles. The largest absolute Gasteiger partial charge is 0.379 e. The number of rotatable bonds is 3. The molecule has 0 fully saturated rings. The van der Waals surface area contributed by atoms with Crippen molar-refractivity contribution in [2.24, 2.45) is 10.7 Å². The summed E-state index contributed by atoms with van der Waals surface area (Å²) in [6.45, 7) is 7.45. The molecule has 0 saturated carbocycles. The van der Waals surface area contributed by atoms with E-state index >= 15 is 0 Å². The average Bonchev–Trinajstić information content (AvgIpc) is 2.70. The number of nitrogens with two attached hydrogens (primary N) is 1. The number of thioether (sulfide) groups is 1. The van der Waals surface area contributed by atoms with Gasteiger partial charge in [0.05, 0.1) is 11.7 Å². The number of hydrogen-bond donors (Lipinski definition) is 2. The number of aliphatic imine (C=N–C) groups is 1. The van der Waals surface area contributed by atoms with Gasteiger partial charge in [0.25, 0.3) is 5.91 Å². The third-order valence-electron chi connectivity index (χ3n) is 4.11. The van der Waals surface area contributed by atoms with Crippen molar-refractivity contribution < 1.29 is 18.8 Å².